The second-order valence-corrected chi connectivity index (χ2v) is 8.02. The van der Waals surface area contributed by atoms with Gasteiger partial charge in [0.15, 0.2) is 18.1 Å². The standard InChI is InChI=1S/C21H22FN9O3/c1-11(2)26-21(32)34-15-9-33-19(18(15)22)14-5-16(30-29-14)28-20-27-13(12-7-23-10-24-8-12)6-17-25-3-4-31(17)20/h3-8,10-11,15,18-19H,9H2,1-2H3,(H,26,32)(H2,27,28,29,30)/t15-,18+,19-/m1/s1. The van der Waals surface area contributed by atoms with Gasteiger partial charge in [-0.3, -0.25) is 9.50 Å². The molecule has 176 valence electrons. The second-order valence-electron chi connectivity index (χ2n) is 8.02. The van der Waals surface area contributed by atoms with Crippen molar-refractivity contribution in [2.24, 2.45) is 0 Å². The number of ether oxygens (including phenoxy) is 2. The first-order chi connectivity index (χ1) is 16.5. The molecule has 1 fully saturated rings. The molecule has 0 saturated carbocycles. The van der Waals surface area contributed by atoms with Gasteiger partial charge in [-0.1, -0.05) is 0 Å². The fraction of sp³-hybridized carbons (Fsp3) is 0.333. The summed E-state index contributed by atoms with van der Waals surface area (Å²) in [5, 5.41) is 12.7. The van der Waals surface area contributed by atoms with E-state index in [1.165, 1.54) is 6.33 Å². The summed E-state index contributed by atoms with van der Waals surface area (Å²) in [6.07, 6.45) is 3.97. The molecule has 5 heterocycles. The minimum atomic E-state index is -1.55. The smallest absolute Gasteiger partial charge is 0.407 e. The molecule has 0 radical (unpaired) electrons. The number of carbonyl (C=O) groups is 1. The molecule has 1 aliphatic heterocycles. The Hall–Kier alpha value is -4.13. The summed E-state index contributed by atoms with van der Waals surface area (Å²) in [5.41, 5.74) is 2.42. The van der Waals surface area contributed by atoms with Crippen molar-refractivity contribution in [2.45, 2.75) is 38.3 Å². The van der Waals surface area contributed by atoms with Crippen LogP contribution in [0.3, 0.4) is 0 Å². The Kier molecular flexibility index (Phi) is 5.76. The number of halogens is 1. The average Bonchev–Trinajstić information content (AvgIpc) is 3.55. The van der Waals surface area contributed by atoms with Gasteiger partial charge in [-0.15, -0.1) is 0 Å². The predicted molar refractivity (Wildman–Crippen MR) is 118 cm³/mol. The number of nitrogens with one attached hydrogen (secondary N) is 3. The molecule has 12 nitrogen and oxygen atoms in total. The van der Waals surface area contributed by atoms with Gasteiger partial charge in [0.25, 0.3) is 0 Å². The second kappa shape index (κ2) is 9.02. The van der Waals surface area contributed by atoms with Crippen LogP contribution in [0.5, 0.6) is 0 Å². The van der Waals surface area contributed by atoms with E-state index >= 15 is 0 Å². The Morgan fingerprint density at radius 2 is 2.15 bits per heavy atom. The van der Waals surface area contributed by atoms with Crippen molar-refractivity contribution in [3.63, 3.8) is 0 Å². The SMILES string of the molecule is CC(C)NC(=O)O[C@@H]1CO[C@H](c2cc(Nc3nc(-c4cncnc4)cc4nccn34)n[nH]2)[C@H]1F. The lowest BCUT2D eigenvalue weighted by Gasteiger charge is -2.16. The van der Waals surface area contributed by atoms with Crippen LogP contribution in [0.15, 0.2) is 43.2 Å². The van der Waals surface area contributed by atoms with E-state index in [0.717, 1.165) is 5.56 Å². The van der Waals surface area contributed by atoms with Crippen LogP contribution in [0, 0.1) is 0 Å². The Morgan fingerprint density at radius 3 is 2.94 bits per heavy atom. The topological polar surface area (TPSA) is 144 Å². The molecular weight excluding hydrogens is 445 g/mol. The maximum absolute atomic E-state index is 14.9. The molecule has 0 unspecified atom stereocenters. The van der Waals surface area contributed by atoms with E-state index < -0.39 is 24.5 Å². The highest BCUT2D eigenvalue weighted by molar-refractivity contribution is 5.68. The first kappa shape index (κ1) is 21.7. The largest absolute Gasteiger partial charge is 0.441 e. The summed E-state index contributed by atoms with van der Waals surface area (Å²) in [6, 6.07) is 3.32. The summed E-state index contributed by atoms with van der Waals surface area (Å²) in [5.74, 6) is 0.847. The summed E-state index contributed by atoms with van der Waals surface area (Å²) in [4.78, 5) is 28.9. The molecular formula is C21H22FN9O3. The number of aromatic amines is 1. The van der Waals surface area contributed by atoms with Crippen LogP contribution >= 0.6 is 0 Å². The maximum Gasteiger partial charge on any atom is 0.407 e. The Morgan fingerprint density at radius 1 is 1.32 bits per heavy atom. The number of alkyl halides is 1. The van der Waals surface area contributed by atoms with E-state index in [-0.39, 0.29) is 12.6 Å². The van der Waals surface area contributed by atoms with Crippen LogP contribution in [0.25, 0.3) is 16.9 Å². The van der Waals surface area contributed by atoms with E-state index in [2.05, 4.69) is 40.8 Å². The first-order valence-corrected chi connectivity index (χ1v) is 10.6. The molecule has 0 aliphatic carbocycles. The zero-order valence-corrected chi connectivity index (χ0v) is 18.3. The molecule has 1 saturated heterocycles. The summed E-state index contributed by atoms with van der Waals surface area (Å²) >= 11 is 0. The molecule has 4 aromatic heterocycles. The number of carbonyl (C=O) groups excluding carboxylic acids is 1. The minimum absolute atomic E-state index is 0.0580. The number of H-pyrrole nitrogens is 1. The van der Waals surface area contributed by atoms with Crippen molar-refractivity contribution < 1.29 is 18.7 Å². The highest BCUT2D eigenvalue weighted by Crippen LogP contribution is 2.33. The van der Waals surface area contributed by atoms with Crippen molar-refractivity contribution in [1.29, 1.82) is 0 Å². The molecule has 13 heteroatoms. The molecule has 0 aromatic carbocycles. The lowest BCUT2D eigenvalue weighted by molar-refractivity contribution is 0.0615. The van der Waals surface area contributed by atoms with Gasteiger partial charge in [0.1, 0.15) is 18.1 Å². The van der Waals surface area contributed by atoms with Crippen LogP contribution in [0.1, 0.15) is 25.6 Å². The number of nitrogens with zero attached hydrogens (tertiary/aromatic N) is 6. The van der Waals surface area contributed by atoms with Gasteiger partial charge < -0.3 is 20.1 Å². The molecule has 1 aliphatic rings. The van der Waals surface area contributed by atoms with E-state index in [9.17, 15) is 9.18 Å². The highest BCUT2D eigenvalue weighted by Gasteiger charge is 2.42. The number of rotatable bonds is 6. The van der Waals surface area contributed by atoms with Crippen LogP contribution in [-0.4, -0.2) is 65.6 Å². The van der Waals surface area contributed by atoms with Crippen LogP contribution in [-0.2, 0) is 9.47 Å². The van der Waals surface area contributed by atoms with Gasteiger partial charge in [-0.2, -0.15) is 5.10 Å². The molecule has 3 atom stereocenters. The normalized spacial score (nSPS) is 20.1. The fourth-order valence-corrected chi connectivity index (χ4v) is 3.60. The first-order valence-electron chi connectivity index (χ1n) is 10.6. The van der Waals surface area contributed by atoms with Crippen molar-refractivity contribution >= 4 is 23.5 Å². The maximum atomic E-state index is 14.9. The van der Waals surface area contributed by atoms with Crippen LogP contribution < -0.4 is 10.6 Å². The zero-order valence-electron chi connectivity index (χ0n) is 18.3. The molecule has 34 heavy (non-hydrogen) atoms. The number of fused-ring (bicyclic) bond motifs is 1. The number of anilines is 2. The predicted octanol–water partition coefficient (Wildman–Crippen LogP) is 2.57. The number of hydrogen-bond donors (Lipinski definition) is 3. The van der Waals surface area contributed by atoms with E-state index in [0.29, 0.717) is 28.8 Å². The number of aromatic nitrogens is 7. The van der Waals surface area contributed by atoms with Gasteiger partial charge in [-0.25, -0.2) is 29.1 Å². The van der Waals surface area contributed by atoms with Crippen molar-refractivity contribution in [3.8, 4) is 11.3 Å². The van der Waals surface area contributed by atoms with E-state index in [4.69, 9.17) is 9.47 Å². The van der Waals surface area contributed by atoms with Crippen molar-refractivity contribution in [3.05, 3.63) is 48.9 Å². The van der Waals surface area contributed by atoms with Gasteiger partial charge in [0.05, 0.1) is 18.0 Å². The average molecular weight is 467 g/mol. The third-order valence-electron chi connectivity index (χ3n) is 5.14. The lowest BCUT2D eigenvalue weighted by Crippen LogP contribution is -2.36. The van der Waals surface area contributed by atoms with Crippen molar-refractivity contribution in [1.82, 2.24) is 39.9 Å². The Labute approximate surface area is 193 Å². The molecule has 0 bridgehead atoms. The summed E-state index contributed by atoms with van der Waals surface area (Å²) in [7, 11) is 0. The van der Waals surface area contributed by atoms with E-state index in [1.807, 2.05) is 6.07 Å². The van der Waals surface area contributed by atoms with Gasteiger partial charge >= 0.3 is 6.09 Å². The van der Waals surface area contributed by atoms with E-state index in [1.54, 1.807) is 49.1 Å². The lowest BCUT2D eigenvalue weighted by atomic mass is 10.1. The third kappa shape index (κ3) is 4.37. The summed E-state index contributed by atoms with van der Waals surface area (Å²) in [6.45, 7) is 3.52. The Balaban J connectivity index is 1.33. The quantitative estimate of drug-likeness (QED) is 0.390. The number of imidazole rings is 1. The third-order valence-corrected chi connectivity index (χ3v) is 5.14. The molecule has 1 amide bonds. The Bertz CT molecular complexity index is 1290. The van der Waals surface area contributed by atoms with Crippen LogP contribution in [0.4, 0.5) is 21.0 Å². The molecule has 5 rings (SSSR count). The minimum Gasteiger partial charge on any atom is -0.441 e. The zero-order chi connectivity index (χ0) is 23.7. The molecule has 0 spiro atoms. The highest BCUT2D eigenvalue weighted by atomic mass is 19.1. The number of amides is 1. The fourth-order valence-electron chi connectivity index (χ4n) is 3.60. The van der Waals surface area contributed by atoms with Crippen molar-refractivity contribution in [2.75, 3.05) is 11.9 Å². The van der Waals surface area contributed by atoms with Gasteiger partial charge in [0.2, 0.25) is 5.95 Å². The van der Waals surface area contributed by atoms with Crippen LogP contribution in [0.2, 0.25) is 0 Å². The van der Waals surface area contributed by atoms with Gasteiger partial charge in [0, 0.05) is 48.5 Å². The van der Waals surface area contributed by atoms with Gasteiger partial charge in [-0.05, 0) is 13.8 Å². The number of hydrogen-bond acceptors (Lipinski definition) is 9. The molecule has 3 N–H and O–H groups in total. The molecule has 4 aromatic rings. The number of alkyl carbamates (subject to hydrolysis) is 1. The summed E-state index contributed by atoms with van der Waals surface area (Å²) < 4.78 is 27.4. The monoisotopic (exact) mass is 467 g/mol.